The third-order valence-corrected chi connectivity index (χ3v) is 6.39. The van der Waals surface area contributed by atoms with E-state index < -0.39 is 0 Å². The van der Waals surface area contributed by atoms with Crippen LogP contribution in [0.1, 0.15) is 10.4 Å². The number of hydrogen-bond acceptors (Lipinski definition) is 5. The first-order valence-electron chi connectivity index (χ1n) is 10.7. The fourth-order valence-electron chi connectivity index (χ4n) is 4.36. The van der Waals surface area contributed by atoms with Gasteiger partial charge in [0.2, 0.25) is 5.95 Å². The zero-order valence-electron chi connectivity index (χ0n) is 17.3. The number of hydrogen-bond donors (Lipinski definition) is 0. The van der Waals surface area contributed by atoms with Crippen molar-refractivity contribution in [3.05, 3.63) is 83.8 Å². The number of likely N-dealkylation sites (tertiary alicyclic amines) is 1. The van der Waals surface area contributed by atoms with Crippen LogP contribution in [0.5, 0.6) is 0 Å². The zero-order valence-corrected chi connectivity index (χ0v) is 17.3. The summed E-state index contributed by atoms with van der Waals surface area (Å²) in [6.45, 7) is 3.31. The molecule has 0 radical (unpaired) electrons. The topological polar surface area (TPSA) is 72.4 Å². The molecule has 0 saturated carbocycles. The summed E-state index contributed by atoms with van der Waals surface area (Å²) in [7, 11) is 0. The molecule has 3 aromatic rings. The van der Waals surface area contributed by atoms with Gasteiger partial charge in [0, 0.05) is 18.0 Å². The van der Waals surface area contributed by atoms with E-state index in [0.29, 0.717) is 50.8 Å². The van der Waals surface area contributed by atoms with Crippen molar-refractivity contribution in [3.8, 4) is 11.1 Å². The minimum absolute atomic E-state index is 0.00113. The van der Waals surface area contributed by atoms with E-state index in [0.717, 1.165) is 11.1 Å². The Balaban J connectivity index is 1.17. The number of quaternary nitrogens is 1. The van der Waals surface area contributed by atoms with Gasteiger partial charge in [-0.3, -0.25) is 4.79 Å². The third-order valence-electron chi connectivity index (χ3n) is 6.39. The summed E-state index contributed by atoms with van der Waals surface area (Å²) in [5.74, 6) is 0.678. The van der Waals surface area contributed by atoms with Crippen molar-refractivity contribution in [3.63, 3.8) is 0 Å². The van der Waals surface area contributed by atoms with Crippen LogP contribution in [0.2, 0.25) is 0 Å². The quantitative estimate of drug-likeness (QED) is 0.484. The van der Waals surface area contributed by atoms with E-state index in [-0.39, 0.29) is 16.6 Å². The first-order chi connectivity index (χ1) is 15.1. The molecule has 7 nitrogen and oxygen atoms in total. The maximum atomic E-state index is 13.3. The Labute approximate surface area is 181 Å². The number of anilines is 1. The highest BCUT2D eigenvalue weighted by Gasteiger charge is 2.43. The van der Waals surface area contributed by atoms with Crippen molar-refractivity contribution in [2.75, 3.05) is 44.2 Å². The number of carbonyl (C=O) groups excluding carboxylic acids is 1. The first kappa shape index (κ1) is 19.7. The largest absolute Gasteiger partial charge is 0.632 e. The zero-order chi connectivity index (χ0) is 21.3. The molecule has 2 aliphatic heterocycles. The van der Waals surface area contributed by atoms with Gasteiger partial charge in [-0.15, -0.1) is 0 Å². The van der Waals surface area contributed by atoms with Crippen molar-refractivity contribution >= 4 is 11.9 Å². The lowest BCUT2D eigenvalue weighted by molar-refractivity contribution is -0.910. The highest BCUT2D eigenvalue weighted by molar-refractivity contribution is 5.95. The van der Waals surface area contributed by atoms with Crippen LogP contribution in [-0.4, -0.2) is 70.7 Å². The van der Waals surface area contributed by atoms with Gasteiger partial charge in [0.25, 0.3) is 5.91 Å². The number of aromatic nitrogens is 2. The van der Waals surface area contributed by atoms with E-state index in [1.54, 1.807) is 23.4 Å². The number of nitrogens with zero attached hydrogens (tertiary/aromatic N) is 5. The van der Waals surface area contributed by atoms with E-state index in [9.17, 15) is 10.0 Å². The molecule has 0 atom stereocenters. The van der Waals surface area contributed by atoms with Crippen LogP contribution in [-0.2, 0) is 0 Å². The Kier molecular flexibility index (Phi) is 5.13. The van der Waals surface area contributed by atoms with E-state index in [1.165, 1.54) is 0 Å². The molecule has 3 heterocycles. The minimum atomic E-state index is -0.236. The van der Waals surface area contributed by atoms with Gasteiger partial charge in [0.15, 0.2) is 0 Å². The van der Waals surface area contributed by atoms with Gasteiger partial charge in [0.1, 0.15) is 6.04 Å². The second kappa shape index (κ2) is 8.09. The molecule has 0 aliphatic carbocycles. The first-order valence-corrected chi connectivity index (χ1v) is 10.7. The number of carbonyl (C=O) groups is 1. The predicted octanol–water partition coefficient (Wildman–Crippen LogP) is 2.80. The molecule has 7 heteroatoms. The van der Waals surface area contributed by atoms with E-state index in [4.69, 9.17) is 0 Å². The predicted molar refractivity (Wildman–Crippen MR) is 119 cm³/mol. The molecule has 0 bridgehead atoms. The molecule has 2 fully saturated rings. The van der Waals surface area contributed by atoms with E-state index in [1.807, 2.05) is 42.5 Å². The third kappa shape index (κ3) is 3.89. The molecule has 158 valence electrons. The van der Waals surface area contributed by atoms with E-state index in [2.05, 4.69) is 27.0 Å². The Morgan fingerprint density at radius 2 is 1.48 bits per heavy atom. The molecule has 2 saturated heterocycles. The van der Waals surface area contributed by atoms with Gasteiger partial charge in [0.05, 0.1) is 39.3 Å². The van der Waals surface area contributed by atoms with E-state index >= 15 is 0 Å². The second-order valence-corrected chi connectivity index (χ2v) is 8.24. The average molecular weight is 415 g/mol. The Morgan fingerprint density at radius 1 is 0.871 bits per heavy atom. The van der Waals surface area contributed by atoms with Gasteiger partial charge in [-0.05, 0) is 29.3 Å². The summed E-state index contributed by atoms with van der Waals surface area (Å²) < 4.78 is -0.236. The Bertz CT molecular complexity index is 1030. The van der Waals surface area contributed by atoms with Crippen LogP contribution in [0.3, 0.4) is 0 Å². The Morgan fingerprint density at radius 3 is 2.13 bits per heavy atom. The van der Waals surface area contributed by atoms with Gasteiger partial charge in [-0.25, -0.2) is 9.97 Å². The lowest BCUT2D eigenvalue weighted by Crippen LogP contribution is -2.71. The number of hydroxylamine groups is 3. The highest BCUT2D eigenvalue weighted by Crippen LogP contribution is 2.27. The lowest BCUT2D eigenvalue weighted by atomic mass is 10.0. The van der Waals surface area contributed by atoms with Crippen molar-refractivity contribution < 1.29 is 9.44 Å². The molecule has 1 amide bonds. The highest BCUT2D eigenvalue weighted by atomic mass is 16.5. The van der Waals surface area contributed by atoms with Crippen LogP contribution in [0.25, 0.3) is 11.1 Å². The van der Waals surface area contributed by atoms with Crippen molar-refractivity contribution in [2.45, 2.75) is 6.04 Å². The van der Waals surface area contributed by atoms with Gasteiger partial charge in [-0.1, -0.05) is 42.5 Å². The maximum absolute atomic E-state index is 13.3. The molecule has 31 heavy (non-hydrogen) atoms. The number of benzene rings is 2. The average Bonchev–Trinajstić information content (AvgIpc) is 2.80. The van der Waals surface area contributed by atoms with Gasteiger partial charge in [-0.2, -0.15) is 0 Å². The summed E-state index contributed by atoms with van der Waals surface area (Å²) in [5, 5.41) is 13.3. The van der Waals surface area contributed by atoms with Gasteiger partial charge >= 0.3 is 0 Å². The molecule has 0 N–H and O–H groups in total. The number of piperazine rings is 1. The molecule has 1 aromatic heterocycles. The fraction of sp³-hybridized carbons (Fsp3) is 0.292. The summed E-state index contributed by atoms with van der Waals surface area (Å²) in [6.07, 6.45) is 3.44. The summed E-state index contributed by atoms with van der Waals surface area (Å²) in [4.78, 5) is 25.2. The molecule has 0 spiro atoms. The smallest absolute Gasteiger partial charge is 0.254 e. The standard InChI is InChI=1S/C24H25N5O2/c30-23(21-9-7-20(8-10-21)19-5-2-1-3-6-19)28-17-22(18-28)29(31)15-13-27(14-16-29)24-25-11-4-12-26-24/h1-12,22H,13-18H2. The molecular weight excluding hydrogens is 390 g/mol. The minimum Gasteiger partial charge on any atom is -0.632 e. The fourth-order valence-corrected chi connectivity index (χ4v) is 4.36. The summed E-state index contributed by atoms with van der Waals surface area (Å²) in [6, 6.07) is 19.5. The van der Waals surface area contributed by atoms with Crippen LogP contribution in [0.4, 0.5) is 5.95 Å². The Hall–Kier alpha value is -3.29. The molecule has 2 aromatic carbocycles. The summed E-state index contributed by atoms with van der Waals surface area (Å²) >= 11 is 0. The van der Waals surface area contributed by atoms with Crippen LogP contribution < -0.4 is 4.90 Å². The summed E-state index contributed by atoms with van der Waals surface area (Å²) in [5.41, 5.74) is 2.88. The lowest BCUT2D eigenvalue weighted by Gasteiger charge is -2.58. The monoisotopic (exact) mass is 415 g/mol. The normalized spacial score (nSPS) is 18.5. The maximum Gasteiger partial charge on any atom is 0.254 e. The van der Waals surface area contributed by atoms with Crippen LogP contribution >= 0.6 is 0 Å². The molecule has 0 unspecified atom stereocenters. The van der Waals surface area contributed by atoms with Crippen molar-refractivity contribution in [1.82, 2.24) is 14.9 Å². The molecule has 2 aliphatic rings. The molecular formula is C24H25N5O2. The van der Waals surface area contributed by atoms with Crippen molar-refractivity contribution in [1.29, 1.82) is 0 Å². The van der Waals surface area contributed by atoms with Gasteiger partial charge < -0.3 is 19.7 Å². The molecule has 5 rings (SSSR count). The number of amides is 1. The van der Waals surface area contributed by atoms with Crippen LogP contribution in [0.15, 0.2) is 73.1 Å². The second-order valence-electron chi connectivity index (χ2n) is 8.24. The van der Waals surface area contributed by atoms with Crippen molar-refractivity contribution in [2.24, 2.45) is 0 Å². The SMILES string of the molecule is O=C(c1ccc(-c2ccccc2)cc1)N1CC([N+]2([O-])CCN(c3ncccn3)CC2)C1. The number of rotatable bonds is 4. The van der Waals surface area contributed by atoms with Crippen LogP contribution in [0, 0.1) is 5.21 Å².